The van der Waals surface area contributed by atoms with Gasteiger partial charge in [-0.2, -0.15) is 0 Å². The molecule has 0 radical (unpaired) electrons. The second-order valence-corrected chi connectivity index (χ2v) is 7.30. The van der Waals surface area contributed by atoms with Crippen molar-refractivity contribution in [1.29, 1.82) is 0 Å². The summed E-state index contributed by atoms with van der Waals surface area (Å²) in [5, 5.41) is 4.35. The average molecular weight is 406 g/mol. The predicted molar refractivity (Wildman–Crippen MR) is 111 cm³/mol. The van der Waals surface area contributed by atoms with Gasteiger partial charge < -0.3 is 20.3 Å². The van der Waals surface area contributed by atoms with Crippen LogP contribution in [-0.4, -0.2) is 34.9 Å². The zero-order chi connectivity index (χ0) is 21.8. The number of fused-ring (bicyclic) bond motifs is 1. The summed E-state index contributed by atoms with van der Waals surface area (Å²) in [4.78, 5) is 40.4. The molecule has 1 fully saturated rings. The van der Waals surface area contributed by atoms with Gasteiger partial charge in [0.25, 0.3) is 0 Å². The summed E-state index contributed by atoms with van der Waals surface area (Å²) >= 11 is 0. The van der Waals surface area contributed by atoms with Gasteiger partial charge in [0.05, 0.1) is 0 Å². The van der Waals surface area contributed by atoms with Crippen molar-refractivity contribution in [1.82, 2.24) is 15.6 Å². The van der Waals surface area contributed by atoms with Crippen molar-refractivity contribution in [2.24, 2.45) is 0 Å². The number of H-pyrrole nitrogens is 1. The Morgan fingerprint density at radius 1 is 1.17 bits per heavy atom. The highest BCUT2D eigenvalue weighted by molar-refractivity contribution is 5.93. The maximum Gasteiger partial charge on any atom is 0.329 e. The van der Waals surface area contributed by atoms with Crippen molar-refractivity contribution >= 4 is 28.7 Å². The Bertz CT molecular complexity index is 1100. The van der Waals surface area contributed by atoms with E-state index in [4.69, 9.17) is 6.15 Å². The number of nitrogens with one attached hydrogen (secondary N) is 3. The van der Waals surface area contributed by atoms with Crippen LogP contribution in [0.4, 0.5) is 0 Å². The first kappa shape index (κ1) is 18.4. The fraction of sp³-hybridized carbons (Fsp3) is 0.261. The fourth-order valence-corrected chi connectivity index (χ4v) is 3.56. The number of esters is 1. The van der Waals surface area contributed by atoms with Gasteiger partial charge in [0.1, 0.15) is 18.7 Å². The molecule has 0 unspecified atom stereocenters. The molecule has 30 heavy (non-hydrogen) atoms. The van der Waals surface area contributed by atoms with Crippen LogP contribution < -0.4 is 10.6 Å². The summed E-state index contributed by atoms with van der Waals surface area (Å²) in [6, 6.07) is 15.1. The number of rotatable bonds is 7. The minimum Gasteiger partial charge on any atom is -0.459 e. The van der Waals surface area contributed by atoms with Gasteiger partial charge in [-0.15, -0.1) is 0 Å². The van der Waals surface area contributed by atoms with Crippen molar-refractivity contribution in [3.05, 3.63) is 71.9 Å². The van der Waals surface area contributed by atoms with E-state index in [1.165, 1.54) is 0 Å². The van der Waals surface area contributed by atoms with Crippen molar-refractivity contribution in [2.75, 3.05) is 0 Å². The van der Waals surface area contributed by atoms with E-state index < -0.39 is 29.9 Å². The lowest BCUT2D eigenvalue weighted by Gasteiger charge is -2.20. The molecule has 0 spiro atoms. The van der Waals surface area contributed by atoms with Crippen molar-refractivity contribution in [3.8, 4) is 0 Å². The summed E-state index contributed by atoms with van der Waals surface area (Å²) in [7, 11) is 0. The van der Waals surface area contributed by atoms with Crippen LogP contribution in [0.25, 0.3) is 10.9 Å². The molecule has 2 aromatic carbocycles. The zero-order valence-electron chi connectivity index (χ0n) is 17.3. The highest BCUT2D eigenvalue weighted by atomic mass is 16.5. The number of aromatic nitrogens is 1. The van der Waals surface area contributed by atoms with Gasteiger partial charge in [0.2, 0.25) is 11.8 Å². The van der Waals surface area contributed by atoms with Gasteiger partial charge in [0, 0.05) is 29.9 Å². The molecule has 7 nitrogen and oxygen atoms in total. The van der Waals surface area contributed by atoms with Crippen LogP contribution in [0, 0.1) is 0 Å². The normalized spacial score (nSPS) is 17.6. The van der Waals surface area contributed by atoms with Crippen LogP contribution >= 0.6 is 0 Å². The Labute approximate surface area is 175 Å². The minimum absolute atomic E-state index is 0.0897. The summed E-state index contributed by atoms with van der Waals surface area (Å²) in [5.74, 6) is -1.49. The van der Waals surface area contributed by atoms with Gasteiger partial charge in [0.15, 0.2) is 1.41 Å². The number of hydrogen-bond acceptors (Lipinski definition) is 4. The molecular formula is C23H23N3O4. The lowest BCUT2D eigenvalue weighted by molar-refractivity contribution is -0.149. The molecule has 1 aromatic heterocycles. The molecule has 7 heteroatoms. The highest BCUT2D eigenvalue weighted by Gasteiger charge is 2.31. The zero-order valence-corrected chi connectivity index (χ0v) is 16.3. The van der Waals surface area contributed by atoms with Crippen LogP contribution in [-0.2, 0) is 32.1 Å². The van der Waals surface area contributed by atoms with Gasteiger partial charge in [-0.05, 0) is 23.6 Å². The van der Waals surface area contributed by atoms with Gasteiger partial charge in [-0.25, -0.2) is 4.79 Å². The quantitative estimate of drug-likeness (QED) is 0.524. The molecule has 0 bridgehead atoms. The molecule has 2 amide bonds. The number of carbonyl (C=O) groups excluding carboxylic acids is 3. The van der Waals surface area contributed by atoms with E-state index in [2.05, 4.69) is 10.3 Å². The third-order valence-electron chi connectivity index (χ3n) is 5.16. The first-order chi connectivity index (χ1) is 15.0. The molecule has 154 valence electrons. The van der Waals surface area contributed by atoms with E-state index in [1.807, 2.05) is 60.8 Å². The Morgan fingerprint density at radius 3 is 2.70 bits per heavy atom. The van der Waals surface area contributed by atoms with E-state index in [9.17, 15) is 14.4 Å². The van der Waals surface area contributed by atoms with Gasteiger partial charge in [-0.1, -0.05) is 48.5 Å². The number of benzene rings is 2. The monoisotopic (exact) mass is 406 g/mol. The molecule has 4 rings (SSSR count). The fourth-order valence-electron chi connectivity index (χ4n) is 3.56. The van der Waals surface area contributed by atoms with E-state index in [1.54, 1.807) is 0 Å². The third kappa shape index (κ3) is 4.51. The second-order valence-electron chi connectivity index (χ2n) is 7.30. The molecule has 1 saturated heterocycles. The van der Waals surface area contributed by atoms with Crippen molar-refractivity contribution in [3.63, 3.8) is 0 Å². The molecular weight excluding hydrogens is 382 g/mol. The van der Waals surface area contributed by atoms with E-state index in [0.717, 1.165) is 22.0 Å². The summed E-state index contributed by atoms with van der Waals surface area (Å²) < 4.78 is 13.2. The molecule has 3 N–H and O–H groups in total. The largest absolute Gasteiger partial charge is 0.459 e. The van der Waals surface area contributed by atoms with E-state index >= 15 is 0 Å². The number of para-hydroxylation sites is 1. The standard InChI is InChI=1S/C23H23N3O4/c27-21-11-10-19(25-21)22(28)26-20(23(29)30-14-15-6-2-1-3-7-15)12-16-13-24-18-9-5-4-8-17(16)18/h1-9,13,19-20,24H,10-12,14H2,(H,25,27)(H,26,28)/t19-,20+/m1/s1/i/hD. The molecule has 3 aromatic rings. The summed E-state index contributed by atoms with van der Waals surface area (Å²) in [6.45, 7) is 0.0897. The SMILES string of the molecule is [2H]N1C(=O)CC[C@@H]1C(=O)N[C@@H](Cc1c[nH]c2ccccc12)C(=O)OCc1ccccc1. The molecule has 2 atom stereocenters. The lowest BCUT2D eigenvalue weighted by atomic mass is 10.0. The van der Waals surface area contributed by atoms with Crippen LogP contribution in [0.5, 0.6) is 0 Å². The minimum atomic E-state index is -0.945. The molecule has 2 heterocycles. The topological polar surface area (TPSA) is 100 Å². The second kappa shape index (κ2) is 8.82. The van der Waals surface area contributed by atoms with Gasteiger partial charge in [-0.3, -0.25) is 9.59 Å². The smallest absolute Gasteiger partial charge is 0.329 e. The van der Waals surface area contributed by atoms with E-state index in [-0.39, 0.29) is 25.9 Å². The Morgan fingerprint density at radius 2 is 1.93 bits per heavy atom. The first-order valence-corrected chi connectivity index (χ1v) is 9.90. The van der Waals surface area contributed by atoms with Crippen LogP contribution in [0.2, 0.25) is 1.41 Å². The first-order valence-electron chi connectivity index (χ1n) is 10.3. The number of carbonyl (C=O) groups is 3. The maximum atomic E-state index is 12.9. The summed E-state index contributed by atoms with van der Waals surface area (Å²) in [6.07, 6.45) is 2.44. The Balaban J connectivity index is 1.51. The number of ether oxygens (including phenoxy) is 1. The molecule has 1 aliphatic rings. The summed E-state index contributed by atoms with van der Waals surface area (Å²) in [5.41, 5.74) is 2.63. The average Bonchev–Trinajstić information content (AvgIpc) is 3.35. The van der Waals surface area contributed by atoms with Crippen molar-refractivity contribution < 1.29 is 20.5 Å². The molecule has 1 aliphatic heterocycles. The number of amides is 2. The Kier molecular flexibility index (Phi) is 5.41. The predicted octanol–water partition coefficient (Wildman–Crippen LogP) is 2.22. The van der Waals surface area contributed by atoms with E-state index in [0.29, 0.717) is 5.31 Å². The highest BCUT2D eigenvalue weighted by Crippen LogP contribution is 2.20. The molecule has 0 saturated carbocycles. The number of hydrogen-bond donors (Lipinski definition) is 3. The third-order valence-corrected chi connectivity index (χ3v) is 5.16. The number of aromatic amines is 1. The lowest BCUT2D eigenvalue weighted by Crippen LogP contribution is -2.50. The Hall–Kier alpha value is -3.61. The molecule has 0 aliphatic carbocycles. The van der Waals surface area contributed by atoms with Crippen LogP contribution in [0.1, 0.15) is 24.0 Å². The van der Waals surface area contributed by atoms with Crippen LogP contribution in [0.15, 0.2) is 60.8 Å². The van der Waals surface area contributed by atoms with Gasteiger partial charge >= 0.3 is 5.97 Å². The van der Waals surface area contributed by atoms with Crippen LogP contribution in [0.3, 0.4) is 0 Å². The maximum absolute atomic E-state index is 12.9. The van der Waals surface area contributed by atoms with Crippen molar-refractivity contribution in [2.45, 2.75) is 38.0 Å².